The lowest BCUT2D eigenvalue weighted by Crippen LogP contribution is -2.20. The van der Waals surface area contributed by atoms with Crippen LogP contribution in [0.25, 0.3) is 0 Å². The molecule has 92 valence electrons. The Labute approximate surface area is 108 Å². The van der Waals surface area contributed by atoms with Crippen molar-refractivity contribution in [2.24, 2.45) is 5.73 Å². The van der Waals surface area contributed by atoms with Gasteiger partial charge in [-0.3, -0.25) is 4.90 Å². The predicted molar refractivity (Wildman–Crippen MR) is 73.4 cm³/mol. The summed E-state index contributed by atoms with van der Waals surface area (Å²) in [4.78, 5) is 2.75. The lowest BCUT2D eigenvalue weighted by atomic mass is 10.1. The zero-order chi connectivity index (χ0) is 12.4. The van der Waals surface area contributed by atoms with Gasteiger partial charge in [0.05, 0.1) is 12.7 Å². The SMILES string of the molecule is COc1cc(CN(C)C2CC2)ccc1C(N)=S. The van der Waals surface area contributed by atoms with E-state index in [1.807, 2.05) is 12.1 Å². The van der Waals surface area contributed by atoms with E-state index in [1.165, 1.54) is 18.4 Å². The zero-order valence-electron chi connectivity index (χ0n) is 10.3. The number of methoxy groups -OCH3 is 1. The molecule has 0 saturated heterocycles. The van der Waals surface area contributed by atoms with Crippen molar-refractivity contribution in [3.63, 3.8) is 0 Å². The van der Waals surface area contributed by atoms with E-state index < -0.39 is 0 Å². The molecule has 1 aliphatic rings. The van der Waals surface area contributed by atoms with E-state index >= 15 is 0 Å². The van der Waals surface area contributed by atoms with Gasteiger partial charge in [0.25, 0.3) is 0 Å². The van der Waals surface area contributed by atoms with Crippen LogP contribution in [-0.2, 0) is 6.54 Å². The molecule has 1 saturated carbocycles. The highest BCUT2D eigenvalue weighted by atomic mass is 32.1. The molecule has 4 heteroatoms. The maximum Gasteiger partial charge on any atom is 0.129 e. The van der Waals surface area contributed by atoms with E-state index in [4.69, 9.17) is 22.7 Å². The fourth-order valence-electron chi connectivity index (χ4n) is 1.97. The van der Waals surface area contributed by atoms with E-state index in [0.29, 0.717) is 4.99 Å². The third-order valence-corrected chi connectivity index (χ3v) is 3.35. The number of thiocarbonyl (C=S) groups is 1. The normalized spacial score (nSPS) is 15.0. The second kappa shape index (κ2) is 5.02. The van der Waals surface area contributed by atoms with Crippen LogP contribution < -0.4 is 10.5 Å². The average Bonchev–Trinajstić information content (AvgIpc) is 3.12. The molecule has 0 heterocycles. The Morgan fingerprint density at radius 1 is 1.53 bits per heavy atom. The molecule has 17 heavy (non-hydrogen) atoms. The average molecular weight is 250 g/mol. The number of nitrogens with two attached hydrogens (primary N) is 1. The van der Waals surface area contributed by atoms with E-state index in [1.54, 1.807) is 7.11 Å². The maximum atomic E-state index is 5.64. The summed E-state index contributed by atoms with van der Waals surface area (Å²) in [5.41, 5.74) is 7.68. The molecule has 1 aromatic carbocycles. The molecule has 0 aromatic heterocycles. The van der Waals surface area contributed by atoms with Gasteiger partial charge in [-0.05, 0) is 37.6 Å². The van der Waals surface area contributed by atoms with Gasteiger partial charge in [-0.2, -0.15) is 0 Å². The number of hydrogen-bond acceptors (Lipinski definition) is 3. The summed E-state index contributed by atoms with van der Waals surface area (Å²) in [5.74, 6) is 0.763. The Kier molecular flexibility index (Phi) is 3.64. The molecular formula is C13H18N2OS. The molecule has 0 bridgehead atoms. The molecule has 0 atom stereocenters. The predicted octanol–water partition coefficient (Wildman–Crippen LogP) is 1.92. The highest BCUT2D eigenvalue weighted by molar-refractivity contribution is 7.80. The molecule has 0 radical (unpaired) electrons. The van der Waals surface area contributed by atoms with Gasteiger partial charge in [-0.25, -0.2) is 0 Å². The van der Waals surface area contributed by atoms with Crippen LogP contribution in [0.1, 0.15) is 24.0 Å². The van der Waals surface area contributed by atoms with Crippen molar-refractivity contribution in [1.82, 2.24) is 4.90 Å². The molecule has 0 aliphatic heterocycles. The molecule has 0 amide bonds. The zero-order valence-corrected chi connectivity index (χ0v) is 11.1. The largest absolute Gasteiger partial charge is 0.496 e. The summed E-state index contributed by atoms with van der Waals surface area (Å²) in [6.45, 7) is 0.943. The van der Waals surface area contributed by atoms with E-state index in [9.17, 15) is 0 Å². The first-order chi connectivity index (χ1) is 8.11. The summed E-state index contributed by atoms with van der Waals surface area (Å²) >= 11 is 4.99. The first-order valence-electron chi connectivity index (χ1n) is 5.78. The number of benzene rings is 1. The summed E-state index contributed by atoms with van der Waals surface area (Å²) in [6, 6.07) is 6.79. The monoisotopic (exact) mass is 250 g/mol. The quantitative estimate of drug-likeness (QED) is 0.810. The molecular weight excluding hydrogens is 232 g/mol. The van der Waals surface area contributed by atoms with Gasteiger partial charge in [0.2, 0.25) is 0 Å². The van der Waals surface area contributed by atoms with Crippen LogP contribution in [0, 0.1) is 0 Å². The number of hydrogen-bond donors (Lipinski definition) is 1. The lowest BCUT2D eigenvalue weighted by Gasteiger charge is -2.17. The van der Waals surface area contributed by atoms with Crippen LogP contribution in [0.3, 0.4) is 0 Å². The minimum Gasteiger partial charge on any atom is -0.496 e. The van der Waals surface area contributed by atoms with Gasteiger partial charge in [0, 0.05) is 12.6 Å². The Morgan fingerprint density at radius 2 is 2.24 bits per heavy atom. The van der Waals surface area contributed by atoms with Crippen LogP contribution >= 0.6 is 12.2 Å². The summed E-state index contributed by atoms with van der Waals surface area (Å²) in [6.07, 6.45) is 2.64. The first-order valence-corrected chi connectivity index (χ1v) is 6.19. The highest BCUT2D eigenvalue weighted by Gasteiger charge is 2.25. The molecule has 2 rings (SSSR count). The standard InChI is InChI=1S/C13H18N2OS/c1-15(10-4-5-10)8-9-3-6-11(13(14)17)12(7-9)16-2/h3,6-7,10H,4-5,8H2,1-2H3,(H2,14,17). The number of ether oxygens (including phenoxy) is 1. The lowest BCUT2D eigenvalue weighted by molar-refractivity contribution is 0.315. The Morgan fingerprint density at radius 3 is 2.76 bits per heavy atom. The Bertz CT molecular complexity index is 429. The molecule has 1 aromatic rings. The molecule has 2 N–H and O–H groups in total. The van der Waals surface area contributed by atoms with Crippen molar-refractivity contribution >= 4 is 17.2 Å². The third kappa shape index (κ3) is 2.96. The topological polar surface area (TPSA) is 38.5 Å². The van der Waals surface area contributed by atoms with E-state index in [-0.39, 0.29) is 0 Å². The summed E-state index contributed by atoms with van der Waals surface area (Å²) in [7, 11) is 3.80. The molecule has 1 fully saturated rings. The van der Waals surface area contributed by atoms with Crippen LogP contribution in [0.4, 0.5) is 0 Å². The van der Waals surface area contributed by atoms with E-state index in [2.05, 4.69) is 18.0 Å². The highest BCUT2D eigenvalue weighted by Crippen LogP contribution is 2.28. The fourth-order valence-corrected chi connectivity index (χ4v) is 2.14. The van der Waals surface area contributed by atoms with Crippen molar-refractivity contribution in [3.05, 3.63) is 29.3 Å². The molecule has 0 unspecified atom stereocenters. The van der Waals surface area contributed by atoms with Gasteiger partial charge in [-0.1, -0.05) is 18.3 Å². The second-order valence-electron chi connectivity index (χ2n) is 4.55. The minimum atomic E-state index is 0.379. The van der Waals surface area contributed by atoms with Crippen molar-refractivity contribution in [1.29, 1.82) is 0 Å². The third-order valence-electron chi connectivity index (χ3n) is 3.13. The van der Waals surface area contributed by atoms with Crippen LogP contribution in [0.2, 0.25) is 0 Å². The van der Waals surface area contributed by atoms with Gasteiger partial charge in [-0.15, -0.1) is 0 Å². The number of rotatable bonds is 5. The summed E-state index contributed by atoms with van der Waals surface area (Å²) < 4.78 is 5.32. The van der Waals surface area contributed by atoms with Crippen molar-refractivity contribution in [2.45, 2.75) is 25.4 Å². The molecule has 1 aliphatic carbocycles. The van der Waals surface area contributed by atoms with Crippen molar-refractivity contribution in [2.75, 3.05) is 14.2 Å². The van der Waals surface area contributed by atoms with Gasteiger partial charge in [0.1, 0.15) is 10.7 Å². The Balaban J connectivity index is 2.15. The van der Waals surface area contributed by atoms with Crippen molar-refractivity contribution < 1.29 is 4.74 Å². The second-order valence-corrected chi connectivity index (χ2v) is 4.99. The maximum absolute atomic E-state index is 5.64. The van der Waals surface area contributed by atoms with Crippen LogP contribution in [-0.4, -0.2) is 30.1 Å². The first kappa shape index (κ1) is 12.3. The minimum absolute atomic E-state index is 0.379. The van der Waals surface area contributed by atoms with Crippen LogP contribution in [0.15, 0.2) is 18.2 Å². The molecule has 3 nitrogen and oxygen atoms in total. The summed E-state index contributed by atoms with van der Waals surface area (Å²) in [5, 5.41) is 0. The van der Waals surface area contributed by atoms with Gasteiger partial charge < -0.3 is 10.5 Å². The van der Waals surface area contributed by atoms with Crippen LogP contribution in [0.5, 0.6) is 5.75 Å². The Hall–Kier alpha value is -1.13. The fraction of sp³-hybridized carbons (Fsp3) is 0.462. The molecule has 0 spiro atoms. The van der Waals surface area contributed by atoms with Gasteiger partial charge in [0.15, 0.2) is 0 Å². The smallest absolute Gasteiger partial charge is 0.129 e. The van der Waals surface area contributed by atoms with Crippen molar-refractivity contribution in [3.8, 4) is 5.75 Å². The number of nitrogens with zero attached hydrogens (tertiary/aromatic N) is 1. The van der Waals surface area contributed by atoms with E-state index in [0.717, 1.165) is 23.9 Å². The van der Waals surface area contributed by atoms with Gasteiger partial charge >= 0.3 is 0 Å².